The highest BCUT2D eigenvalue weighted by molar-refractivity contribution is 5.94. The van der Waals surface area contributed by atoms with Crippen LogP contribution in [0.4, 0.5) is 27.6 Å². The molecule has 1 spiro atoms. The minimum atomic E-state index is -4.85. The number of piperidine rings is 1. The number of carbonyl (C=O) groups is 1. The molecule has 0 bridgehead atoms. The number of nitrogens with zero attached hydrogens (tertiary/aromatic N) is 5. The van der Waals surface area contributed by atoms with Gasteiger partial charge in [-0.05, 0) is 81.3 Å². The third-order valence-corrected chi connectivity index (χ3v) is 8.48. The van der Waals surface area contributed by atoms with Crippen LogP contribution in [0.5, 0.6) is 0 Å². The molecule has 2 aromatic heterocycles. The lowest BCUT2D eigenvalue weighted by atomic mass is 9.84. The molecule has 0 unspecified atom stereocenters. The molecule has 0 radical (unpaired) electrons. The number of aromatic nitrogens is 3. The lowest BCUT2D eigenvalue weighted by molar-refractivity contribution is -0.140. The smallest absolute Gasteiger partial charge is 0.370 e. The lowest BCUT2D eigenvalue weighted by Gasteiger charge is -2.45. The minimum Gasteiger partial charge on any atom is -0.370 e. The van der Waals surface area contributed by atoms with Crippen molar-refractivity contribution in [1.82, 2.24) is 25.0 Å². The van der Waals surface area contributed by atoms with Crippen LogP contribution in [0.3, 0.4) is 0 Å². The second-order valence-electron chi connectivity index (χ2n) is 11.1. The molecule has 0 atom stereocenters. The summed E-state index contributed by atoms with van der Waals surface area (Å²) in [7, 11) is 0. The van der Waals surface area contributed by atoms with E-state index in [4.69, 9.17) is 0 Å². The van der Waals surface area contributed by atoms with Crippen molar-refractivity contribution < 1.29 is 26.7 Å². The summed E-state index contributed by atoms with van der Waals surface area (Å²) in [5, 5.41) is 7.78. The van der Waals surface area contributed by atoms with Crippen LogP contribution >= 0.6 is 0 Å². The van der Waals surface area contributed by atoms with E-state index < -0.39 is 23.1 Å². The van der Waals surface area contributed by atoms with E-state index in [1.807, 2.05) is 6.92 Å². The molecule has 1 amide bonds. The van der Waals surface area contributed by atoms with Crippen LogP contribution in [0.2, 0.25) is 0 Å². The van der Waals surface area contributed by atoms with Gasteiger partial charge in [-0.1, -0.05) is 6.58 Å². The standard InChI is InChI=1S/C32H29F5N6O/c1-19-4-10-25(20(2)39-19)29-17-28(40-43(29)24-9-11-26(27(34)16-24)32(35,36)37)30(44)41-14-12-31(13-15-41)21(3)38-18-42(31)23-7-5-22(33)6-8-23/h4-11,16-17,38H,3,12-15,18H2,1-2H3. The van der Waals surface area contributed by atoms with E-state index in [1.54, 1.807) is 42.2 Å². The molecular formula is C32H29F5N6O. The van der Waals surface area contributed by atoms with E-state index in [9.17, 15) is 26.7 Å². The van der Waals surface area contributed by atoms with Crippen molar-refractivity contribution in [2.24, 2.45) is 0 Å². The first kappa shape index (κ1) is 29.3. The number of benzene rings is 2. The summed E-state index contributed by atoms with van der Waals surface area (Å²) in [5.41, 5.74) is 2.27. The average Bonchev–Trinajstić information content (AvgIpc) is 3.55. The van der Waals surface area contributed by atoms with Gasteiger partial charge in [0.2, 0.25) is 0 Å². The number of hydrogen-bond donors (Lipinski definition) is 1. The molecule has 12 heteroatoms. The lowest BCUT2D eigenvalue weighted by Crippen LogP contribution is -2.54. The van der Waals surface area contributed by atoms with Gasteiger partial charge >= 0.3 is 6.18 Å². The molecule has 2 fully saturated rings. The summed E-state index contributed by atoms with van der Waals surface area (Å²) >= 11 is 0. The van der Waals surface area contributed by atoms with Gasteiger partial charge in [0, 0.05) is 47.5 Å². The first-order valence-corrected chi connectivity index (χ1v) is 14.0. The zero-order valence-corrected chi connectivity index (χ0v) is 24.1. The molecule has 1 N–H and O–H groups in total. The zero-order valence-electron chi connectivity index (χ0n) is 24.1. The van der Waals surface area contributed by atoms with Crippen LogP contribution < -0.4 is 10.2 Å². The molecule has 2 aliphatic heterocycles. The number of aryl methyl sites for hydroxylation is 2. The van der Waals surface area contributed by atoms with Crippen LogP contribution in [-0.2, 0) is 6.18 Å². The molecule has 0 aliphatic carbocycles. The highest BCUT2D eigenvalue weighted by atomic mass is 19.4. The van der Waals surface area contributed by atoms with Crippen LogP contribution in [0.1, 0.15) is 40.3 Å². The molecule has 228 valence electrons. The highest BCUT2D eigenvalue weighted by Gasteiger charge is 2.47. The molecule has 4 aromatic rings. The van der Waals surface area contributed by atoms with Gasteiger partial charge in [0.05, 0.1) is 29.2 Å². The number of pyridine rings is 1. The first-order valence-electron chi connectivity index (χ1n) is 14.0. The van der Waals surface area contributed by atoms with Gasteiger partial charge in [-0.2, -0.15) is 18.3 Å². The zero-order chi connectivity index (χ0) is 31.4. The molecule has 2 aromatic carbocycles. The Bertz CT molecular complexity index is 1760. The normalized spacial score (nSPS) is 16.5. The maximum Gasteiger partial charge on any atom is 0.419 e. The Morgan fingerprint density at radius 2 is 1.64 bits per heavy atom. The van der Waals surface area contributed by atoms with Crippen LogP contribution in [-0.4, -0.2) is 50.9 Å². The predicted octanol–water partition coefficient (Wildman–Crippen LogP) is 6.40. The number of carbonyl (C=O) groups excluding carboxylic acids is 1. The molecule has 4 heterocycles. The highest BCUT2D eigenvalue weighted by Crippen LogP contribution is 2.41. The summed E-state index contributed by atoms with van der Waals surface area (Å²) in [5.74, 6) is -2.14. The molecular weight excluding hydrogens is 579 g/mol. The first-order chi connectivity index (χ1) is 20.9. The second kappa shape index (κ2) is 10.8. The minimum absolute atomic E-state index is 0.0328. The number of halogens is 5. The van der Waals surface area contributed by atoms with Gasteiger partial charge in [-0.25, -0.2) is 13.5 Å². The second-order valence-corrected chi connectivity index (χ2v) is 11.1. The molecule has 2 saturated heterocycles. The van der Waals surface area contributed by atoms with Crippen molar-refractivity contribution in [3.63, 3.8) is 0 Å². The van der Waals surface area contributed by atoms with E-state index in [0.29, 0.717) is 55.6 Å². The SMILES string of the molecule is C=C1NCN(c2ccc(F)cc2)C12CCN(C(=O)c1cc(-c3ccc(C)nc3C)n(-c3ccc(C(F)(F)F)c(F)c3)n1)CC2. The molecule has 44 heavy (non-hydrogen) atoms. The Labute approximate surface area is 250 Å². The summed E-state index contributed by atoms with van der Waals surface area (Å²) in [6.07, 6.45) is -3.74. The Balaban J connectivity index is 1.32. The number of rotatable bonds is 4. The molecule has 7 nitrogen and oxygen atoms in total. The third kappa shape index (κ3) is 5.07. The Morgan fingerprint density at radius 1 is 0.955 bits per heavy atom. The Hall–Kier alpha value is -4.74. The van der Waals surface area contributed by atoms with Gasteiger partial charge in [0.25, 0.3) is 5.91 Å². The fourth-order valence-electron chi connectivity index (χ4n) is 6.12. The van der Waals surface area contributed by atoms with E-state index in [2.05, 4.69) is 26.9 Å². The number of nitrogens with one attached hydrogen (secondary N) is 1. The van der Waals surface area contributed by atoms with Gasteiger partial charge in [-0.3, -0.25) is 9.78 Å². The maximum absolute atomic E-state index is 14.6. The van der Waals surface area contributed by atoms with Gasteiger partial charge in [0.1, 0.15) is 11.6 Å². The monoisotopic (exact) mass is 608 g/mol. The fourth-order valence-corrected chi connectivity index (χ4v) is 6.12. The van der Waals surface area contributed by atoms with E-state index >= 15 is 0 Å². The summed E-state index contributed by atoms with van der Waals surface area (Å²) in [6.45, 7) is 9.07. The van der Waals surface area contributed by atoms with Crippen LogP contribution in [0, 0.1) is 25.5 Å². The van der Waals surface area contributed by atoms with Crippen molar-refractivity contribution in [1.29, 1.82) is 0 Å². The Morgan fingerprint density at radius 3 is 2.27 bits per heavy atom. The maximum atomic E-state index is 14.6. The van der Waals surface area contributed by atoms with Crippen molar-refractivity contribution in [3.8, 4) is 16.9 Å². The molecule has 0 saturated carbocycles. The number of amides is 1. The van der Waals surface area contributed by atoms with E-state index in [-0.39, 0.29) is 23.1 Å². The van der Waals surface area contributed by atoms with Crippen LogP contribution in [0.25, 0.3) is 16.9 Å². The largest absolute Gasteiger partial charge is 0.419 e. The number of alkyl halides is 3. The van der Waals surface area contributed by atoms with Crippen molar-refractivity contribution in [3.05, 3.63) is 107 Å². The van der Waals surface area contributed by atoms with E-state index in [0.717, 1.165) is 29.2 Å². The topological polar surface area (TPSA) is 66.3 Å². The fraction of sp³-hybridized carbons (Fsp3) is 0.281. The van der Waals surface area contributed by atoms with Crippen molar-refractivity contribution >= 4 is 11.6 Å². The van der Waals surface area contributed by atoms with Gasteiger partial charge in [0.15, 0.2) is 5.69 Å². The number of likely N-dealkylation sites (tertiary alicyclic amines) is 1. The quantitative estimate of drug-likeness (QED) is 0.272. The average molecular weight is 609 g/mol. The van der Waals surface area contributed by atoms with E-state index in [1.165, 1.54) is 16.8 Å². The van der Waals surface area contributed by atoms with Crippen molar-refractivity contribution in [2.45, 2.75) is 38.4 Å². The molecule has 6 rings (SSSR count). The molecule has 2 aliphatic rings. The van der Waals surface area contributed by atoms with Gasteiger partial charge < -0.3 is 15.1 Å². The predicted molar refractivity (Wildman–Crippen MR) is 155 cm³/mol. The Kier molecular flexibility index (Phi) is 7.17. The van der Waals surface area contributed by atoms with Crippen molar-refractivity contribution in [2.75, 3.05) is 24.7 Å². The summed E-state index contributed by atoms with van der Waals surface area (Å²) < 4.78 is 69.3. The number of hydrogen-bond acceptors (Lipinski definition) is 5. The summed E-state index contributed by atoms with van der Waals surface area (Å²) in [4.78, 5) is 22.1. The van der Waals surface area contributed by atoms with Gasteiger partial charge in [-0.15, -0.1) is 0 Å². The summed E-state index contributed by atoms with van der Waals surface area (Å²) in [6, 6.07) is 13.9. The third-order valence-electron chi connectivity index (χ3n) is 8.48. The van der Waals surface area contributed by atoms with Crippen LogP contribution in [0.15, 0.2) is 72.9 Å². The number of anilines is 1.